The van der Waals surface area contributed by atoms with Crippen LogP contribution in [0.4, 0.5) is 4.39 Å². The number of hydrogen-bond acceptors (Lipinski definition) is 4. The molecule has 5 nitrogen and oxygen atoms in total. The second-order valence-corrected chi connectivity index (χ2v) is 6.75. The molecular formula is C13H19FN2O3S. The van der Waals surface area contributed by atoms with Gasteiger partial charge in [0.2, 0.25) is 10.0 Å². The van der Waals surface area contributed by atoms with Crippen LogP contribution < -0.4 is 5.32 Å². The first-order valence-electron chi connectivity index (χ1n) is 6.47. The van der Waals surface area contributed by atoms with E-state index < -0.39 is 15.8 Å². The molecule has 1 atom stereocenters. The second kappa shape index (κ2) is 6.17. The highest BCUT2D eigenvalue weighted by Crippen LogP contribution is 2.22. The average molecular weight is 302 g/mol. The third-order valence-corrected chi connectivity index (χ3v) is 5.12. The van der Waals surface area contributed by atoms with Gasteiger partial charge < -0.3 is 10.1 Å². The van der Waals surface area contributed by atoms with Crippen LogP contribution in [0, 0.1) is 12.7 Å². The molecule has 0 radical (unpaired) electrons. The van der Waals surface area contributed by atoms with E-state index in [1.165, 1.54) is 16.4 Å². The van der Waals surface area contributed by atoms with Crippen molar-refractivity contribution in [2.45, 2.75) is 17.9 Å². The van der Waals surface area contributed by atoms with Crippen molar-refractivity contribution < 1.29 is 17.5 Å². The van der Waals surface area contributed by atoms with Crippen molar-refractivity contribution in [2.75, 3.05) is 33.3 Å². The van der Waals surface area contributed by atoms with Crippen molar-refractivity contribution in [1.29, 1.82) is 0 Å². The minimum atomic E-state index is -3.82. The van der Waals surface area contributed by atoms with E-state index in [0.717, 1.165) is 0 Å². The van der Waals surface area contributed by atoms with Crippen LogP contribution in [0.5, 0.6) is 0 Å². The summed E-state index contributed by atoms with van der Waals surface area (Å²) in [5, 5.41) is 2.95. The number of halogens is 1. The number of benzene rings is 1. The van der Waals surface area contributed by atoms with Gasteiger partial charge in [-0.05, 0) is 31.7 Å². The summed E-state index contributed by atoms with van der Waals surface area (Å²) in [6, 6.07) is 4.11. The van der Waals surface area contributed by atoms with E-state index in [-0.39, 0.29) is 24.1 Å². The molecule has 1 unspecified atom stereocenters. The number of hydrogen-bond donors (Lipinski definition) is 1. The average Bonchev–Trinajstić information content (AvgIpc) is 2.42. The van der Waals surface area contributed by atoms with Crippen LogP contribution in [0.15, 0.2) is 23.1 Å². The van der Waals surface area contributed by atoms with Gasteiger partial charge in [0.15, 0.2) is 0 Å². The third-order valence-electron chi connectivity index (χ3n) is 3.24. The fraction of sp³-hybridized carbons (Fsp3) is 0.538. The predicted molar refractivity (Wildman–Crippen MR) is 73.6 cm³/mol. The minimum Gasteiger partial charge on any atom is -0.374 e. The number of rotatable bonds is 4. The monoisotopic (exact) mass is 302 g/mol. The number of sulfonamides is 1. The number of ether oxygens (including phenoxy) is 1. The molecule has 1 heterocycles. The molecule has 1 aromatic rings. The Kier molecular flexibility index (Phi) is 4.74. The Labute approximate surface area is 118 Å². The zero-order valence-electron chi connectivity index (χ0n) is 11.6. The molecule has 0 saturated carbocycles. The van der Waals surface area contributed by atoms with Crippen LogP contribution in [0.3, 0.4) is 0 Å². The Morgan fingerprint density at radius 2 is 2.25 bits per heavy atom. The Bertz CT molecular complexity index is 575. The number of aryl methyl sites for hydroxylation is 1. The second-order valence-electron chi connectivity index (χ2n) is 4.85. The van der Waals surface area contributed by atoms with Crippen molar-refractivity contribution in [3.05, 3.63) is 29.6 Å². The lowest BCUT2D eigenvalue weighted by Gasteiger charge is -2.32. The molecule has 2 rings (SSSR count). The molecular weight excluding hydrogens is 283 g/mol. The van der Waals surface area contributed by atoms with Crippen molar-refractivity contribution in [2.24, 2.45) is 0 Å². The Morgan fingerprint density at radius 1 is 1.50 bits per heavy atom. The molecule has 0 aromatic heterocycles. The molecule has 1 saturated heterocycles. The van der Waals surface area contributed by atoms with Crippen LogP contribution in [0.2, 0.25) is 0 Å². The first-order valence-corrected chi connectivity index (χ1v) is 7.91. The zero-order chi connectivity index (χ0) is 14.8. The summed E-state index contributed by atoms with van der Waals surface area (Å²) >= 11 is 0. The van der Waals surface area contributed by atoms with Gasteiger partial charge in [-0.1, -0.05) is 6.07 Å². The van der Waals surface area contributed by atoms with Gasteiger partial charge in [0.1, 0.15) is 10.7 Å². The highest BCUT2D eigenvalue weighted by molar-refractivity contribution is 7.89. The van der Waals surface area contributed by atoms with Gasteiger partial charge in [-0.25, -0.2) is 12.8 Å². The molecule has 1 aliphatic heterocycles. The molecule has 1 N–H and O–H groups in total. The first kappa shape index (κ1) is 15.4. The van der Waals surface area contributed by atoms with Gasteiger partial charge in [0.05, 0.1) is 12.7 Å². The SMILES string of the molecule is CNCC1CN(S(=O)(=O)c2cc(C)ccc2F)CCO1. The van der Waals surface area contributed by atoms with Crippen molar-refractivity contribution >= 4 is 10.0 Å². The maximum Gasteiger partial charge on any atom is 0.246 e. The van der Waals surface area contributed by atoms with E-state index in [1.54, 1.807) is 20.0 Å². The number of nitrogens with zero attached hydrogens (tertiary/aromatic N) is 1. The highest BCUT2D eigenvalue weighted by Gasteiger charge is 2.32. The summed E-state index contributed by atoms with van der Waals surface area (Å²) in [7, 11) is -2.04. The largest absolute Gasteiger partial charge is 0.374 e. The third kappa shape index (κ3) is 3.17. The van der Waals surface area contributed by atoms with E-state index in [1.807, 2.05) is 0 Å². The summed E-state index contributed by atoms with van der Waals surface area (Å²) in [4.78, 5) is -0.261. The number of likely N-dealkylation sites (N-methyl/N-ethyl adjacent to an activating group) is 1. The highest BCUT2D eigenvalue weighted by atomic mass is 32.2. The Hall–Kier alpha value is -1.02. The first-order chi connectivity index (χ1) is 9.45. The normalized spacial score (nSPS) is 21.1. The lowest BCUT2D eigenvalue weighted by Crippen LogP contribution is -2.48. The molecule has 7 heteroatoms. The van der Waals surface area contributed by atoms with Crippen molar-refractivity contribution in [3.8, 4) is 0 Å². The fourth-order valence-corrected chi connectivity index (χ4v) is 3.81. The smallest absolute Gasteiger partial charge is 0.246 e. The quantitative estimate of drug-likeness (QED) is 0.891. The van der Waals surface area contributed by atoms with Gasteiger partial charge in [0.25, 0.3) is 0 Å². The van der Waals surface area contributed by atoms with Gasteiger partial charge in [-0.15, -0.1) is 0 Å². The van der Waals surface area contributed by atoms with E-state index in [4.69, 9.17) is 4.74 Å². The van der Waals surface area contributed by atoms with Gasteiger partial charge >= 0.3 is 0 Å². The van der Waals surface area contributed by atoms with Crippen molar-refractivity contribution in [3.63, 3.8) is 0 Å². The summed E-state index contributed by atoms with van der Waals surface area (Å²) in [5.74, 6) is -0.716. The molecule has 0 amide bonds. The lowest BCUT2D eigenvalue weighted by molar-refractivity contribution is 0.000767. The molecule has 1 fully saturated rings. The predicted octanol–water partition coefficient (Wildman–Crippen LogP) is 0.743. The molecule has 1 aromatic carbocycles. The molecule has 0 aliphatic carbocycles. The summed E-state index contributed by atoms with van der Waals surface area (Å²) in [6.07, 6.45) is -0.212. The van der Waals surface area contributed by atoms with Crippen LogP contribution in [-0.2, 0) is 14.8 Å². The van der Waals surface area contributed by atoms with Gasteiger partial charge in [-0.2, -0.15) is 4.31 Å². The van der Waals surface area contributed by atoms with Gasteiger partial charge in [0, 0.05) is 19.6 Å². The van der Waals surface area contributed by atoms with E-state index in [0.29, 0.717) is 18.7 Å². The Balaban J connectivity index is 2.27. The minimum absolute atomic E-state index is 0.212. The van der Waals surface area contributed by atoms with Crippen LogP contribution in [0.25, 0.3) is 0 Å². The Morgan fingerprint density at radius 3 is 2.95 bits per heavy atom. The molecule has 112 valence electrons. The number of nitrogens with one attached hydrogen (secondary N) is 1. The fourth-order valence-electron chi connectivity index (χ4n) is 2.21. The molecule has 0 bridgehead atoms. The zero-order valence-corrected chi connectivity index (χ0v) is 12.4. The summed E-state index contributed by atoms with van der Waals surface area (Å²) < 4.78 is 45.6. The molecule has 1 aliphatic rings. The number of morpholine rings is 1. The molecule has 20 heavy (non-hydrogen) atoms. The van der Waals surface area contributed by atoms with Crippen LogP contribution >= 0.6 is 0 Å². The maximum atomic E-state index is 13.8. The summed E-state index contributed by atoms with van der Waals surface area (Å²) in [5.41, 5.74) is 0.713. The lowest BCUT2D eigenvalue weighted by atomic mass is 10.2. The van der Waals surface area contributed by atoms with Crippen LogP contribution in [0.1, 0.15) is 5.56 Å². The standard InChI is InChI=1S/C13H19FN2O3S/c1-10-3-4-12(14)13(7-10)20(17,18)16-5-6-19-11(9-16)8-15-2/h3-4,7,11,15H,5-6,8-9H2,1-2H3. The van der Waals surface area contributed by atoms with Gasteiger partial charge in [-0.3, -0.25) is 0 Å². The van der Waals surface area contributed by atoms with E-state index in [9.17, 15) is 12.8 Å². The maximum absolute atomic E-state index is 13.8. The van der Waals surface area contributed by atoms with Crippen LogP contribution in [-0.4, -0.2) is 52.1 Å². The van der Waals surface area contributed by atoms with E-state index in [2.05, 4.69) is 5.32 Å². The topological polar surface area (TPSA) is 58.6 Å². The molecule has 0 spiro atoms. The van der Waals surface area contributed by atoms with E-state index >= 15 is 0 Å². The van der Waals surface area contributed by atoms with Crippen molar-refractivity contribution in [1.82, 2.24) is 9.62 Å². The summed E-state index contributed by atoms with van der Waals surface area (Å²) in [6.45, 7) is 3.09.